The third kappa shape index (κ3) is 6.32. The zero-order valence-electron chi connectivity index (χ0n) is 16.0. The first-order valence-electron chi connectivity index (χ1n) is 8.87. The van der Waals surface area contributed by atoms with Crippen molar-refractivity contribution in [1.29, 1.82) is 0 Å². The fourth-order valence-corrected chi connectivity index (χ4v) is 3.54. The molecular weight excluding hydrogens is 360 g/mol. The van der Waals surface area contributed by atoms with Gasteiger partial charge < -0.3 is 15.0 Å². The lowest BCUT2D eigenvalue weighted by molar-refractivity contribution is -0.140. The van der Waals surface area contributed by atoms with E-state index in [9.17, 15) is 9.59 Å². The highest BCUT2D eigenvalue weighted by Crippen LogP contribution is 2.20. The van der Waals surface area contributed by atoms with Gasteiger partial charge in [0.15, 0.2) is 0 Å². The number of rotatable bonds is 9. The number of amides is 2. The summed E-state index contributed by atoms with van der Waals surface area (Å²) >= 11 is 1.64. The smallest absolute Gasteiger partial charge is 0.242 e. The molecule has 2 rings (SSSR count). The van der Waals surface area contributed by atoms with E-state index in [4.69, 9.17) is 4.74 Å². The number of thioether (sulfide) groups is 1. The zero-order valence-corrected chi connectivity index (χ0v) is 16.8. The second-order valence-electron chi connectivity index (χ2n) is 6.07. The lowest BCUT2D eigenvalue weighted by atomic mass is 10.1. The molecule has 27 heavy (non-hydrogen) atoms. The Kier molecular flexibility index (Phi) is 8.20. The third-order valence-corrected chi connectivity index (χ3v) is 5.24. The molecule has 0 bridgehead atoms. The van der Waals surface area contributed by atoms with Gasteiger partial charge in [-0.05, 0) is 36.8 Å². The number of methoxy groups -OCH3 is 1. The molecule has 1 atom stereocenters. The van der Waals surface area contributed by atoms with Crippen LogP contribution in [0, 0.1) is 0 Å². The minimum Gasteiger partial charge on any atom is -0.497 e. The number of benzene rings is 2. The summed E-state index contributed by atoms with van der Waals surface area (Å²) in [7, 11) is 3.19. The fourth-order valence-electron chi connectivity index (χ4n) is 2.68. The minimum atomic E-state index is -0.546. The summed E-state index contributed by atoms with van der Waals surface area (Å²) in [5, 5.41) is 2.63. The summed E-state index contributed by atoms with van der Waals surface area (Å²) in [4.78, 5) is 27.7. The first-order valence-corrected chi connectivity index (χ1v) is 9.85. The first-order chi connectivity index (χ1) is 13.0. The number of ether oxygens (including phenoxy) is 1. The van der Waals surface area contributed by atoms with Crippen LogP contribution in [-0.4, -0.2) is 42.7 Å². The molecule has 0 saturated carbocycles. The maximum Gasteiger partial charge on any atom is 0.242 e. The van der Waals surface area contributed by atoms with Crippen LogP contribution in [0.2, 0.25) is 0 Å². The second kappa shape index (κ2) is 10.6. The van der Waals surface area contributed by atoms with E-state index < -0.39 is 6.04 Å². The van der Waals surface area contributed by atoms with Crippen molar-refractivity contribution in [3.05, 3.63) is 60.2 Å². The summed E-state index contributed by atoms with van der Waals surface area (Å²) < 4.78 is 5.25. The number of nitrogens with zero attached hydrogens (tertiary/aromatic N) is 1. The van der Waals surface area contributed by atoms with Crippen molar-refractivity contribution in [1.82, 2.24) is 10.2 Å². The molecule has 0 aliphatic carbocycles. The van der Waals surface area contributed by atoms with Crippen LogP contribution in [0.15, 0.2) is 59.5 Å². The number of carbonyl (C=O) groups is 2. The molecule has 0 heterocycles. The van der Waals surface area contributed by atoms with Crippen LogP contribution < -0.4 is 10.1 Å². The van der Waals surface area contributed by atoms with Crippen molar-refractivity contribution in [2.75, 3.05) is 19.9 Å². The number of hydrogen-bond acceptors (Lipinski definition) is 4. The van der Waals surface area contributed by atoms with E-state index in [-0.39, 0.29) is 11.8 Å². The van der Waals surface area contributed by atoms with Crippen molar-refractivity contribution >= 4 is 23.6 Å². The Morgan fingerprint density at radius 1 is 1.15 bits per heavy atom. The molecule has 144 valence electrons. The number of nitrogens with one attached hydrogen (secondary N) is 1. The zero-order chi connectivity index (χ0) is 19.6. The predicted octanol–water partition coefficient (Wildman–Crippen LogP) is 3.34. The highest BCUT2D eigenvalue weighted by Gasteiger charge is 2.25. The fraction of sp³-hybridized carbons (Fsp3) is 0.333. The highest BCUT2D eigenvalue weighted by molar-refractivity contribution is 7.99. The van der Waals surface area contributed by atoms with Gasteiger partial charge in [0.2, 0.25) is 11.8 Å². The van der Waals surface area contributed by atoms with Gasteiger partial charge in [0.05, 0.1) is 7.11 Å². The Morgan fingerprint density at radius 2 is 1.89 bits per heavy atom. The Hall–Kier alpha value is -2.47. The van der Waals surface area contributed by atoms with E-state index in [0.29, 0.717) is 18.7 Å². The summed E-state index contributed by atoms with van der Waals surface area (Å²) in [6.45, 7) is 2.11. The van der Waals surface area contributed by atoms with E-state index in [2.05, 4.69) is 5.32 Å². The van der Waals surface area contributed by atoms with Crippen LogP contribution in [0.5, 0.6) is 5.75 Å². The third-order valence-electron chi connectivity index (χ3n) is 4.23. The SMILES string of the molecule is CNC(=O)[C@@H](C)N(Cc1cccc(OC)c1)C(=O)CCSc1ccccc1. The van der Waals surface area contributed by atoms with Crippen LogP contribution in [0.1, 0.15) is 18.9 Å². The quantitative estimate of drug-likeness (QED) is 0.672. The molecule has 0 fully saturated rings. The predicted molar refractivity (Wildman–Crippen MR) is 109 cm³/mol. The highest BCUT2D eigenvalue weighted by atomic mass is 32.2. The number of likely N-dealkylation sites (N-methyl/N-ethyl adjacent to an activating group) is 1. The Morgan fingerprint density at radius 3 is 2.56 bits per heavy atom. The minimum absolute atomic E-state index is 0.0441. The maximum atomic E-state index is 12.9. The average Bonchev–Trinajstić information content (AvgIpc) is 2.71. The molecule has 1 N–H and O–H groups in total. The molecule has 5 nitrogen and oxygen atoms in total. The first kappa shape index (κ1) is 20.8. The normalized spacial score (nSPS) is 11.5. The van der Waals surface area contributed by atoms with Gasteiger partial charge in [-0.1, -0.05) is 30.3 Å². The molecule has 0 aromatic heterocycles. The average molecular weight is 387 g/mol. The number of carbonyl (C=O) groups excluding carboxylic acids is 2. The van der Waals surface area contributed by atoms with Crippen LogP contribution >= 0.6 is 11.8 Å². The second-order valence-corrected chi connectivity index (χ2v) is 7.24. The van der Waals surface area contributed by atoms with Gasteiger partial charge in [0.25, 0.3) is 0 Å². The van der Waals surface area contributed by atoms with Crippen LogP contribution in [0.25, 0.3) is 0 Å². The summed E-state index contributed by atoms with van der Waals surface area (Å²) in [5.41, 5.74) is 0.925. The molecule has 2 aromatic rings. The summed E-state index contributed by atoms with van der Waals surface area (Å²) in [6, 6.07) is 17.0. The maximum absolute atomic E-state index is 12.9. The lowest BCUT2D eigenvalue weighted by Gasteiger charge is -2.28. The van der Waals surface area contributed by atoms with Crippen molar-refractivity contribution in [2.45, 2.75) is 30.8 Å². The van der Waals surface area contributed by atoms with Gasteiger partial charge in [0, 0.05) is 30.7 Å². The van der Waals surface area contributed by atoms with E-state index in [1.807, 2.05) is 54.6 Å². The summed E-state index contributed by atoms with van der Waals surface area (Å²) in [5.74, 6) is 1.17. The number of hydrogen-bond donors (Lipinski definition) is 1. The molecule has 6 heteroatoms. The molecule has 0 aliphatic heterocycles. The van der Waals surface area contributed by atoms with Crippen LogP contribution in [0.4, 0.5) is 0 Å². The van der Waals surface area contributed by atoms with E-state index in [1.165, 1.54) is 0 Å². The van der Waals surface area contributed by atoms with Crippen molar-refractivity contribution < 1.29 is 14.3 Å². The molecule has 0 aliphatic rings. The van der Waals surface area contributed by atoms with Gasteiger partial charge in [-0.25, -0.2) is 0 Å². The largest absolute Gasteiger partial charge is 0.497 e. The molecule has 0 radical (unpaired) electrons. The Balaban J connectivity index is 2.06. The Labute approximate surface area is 165 Å². The monoisotopic (exact) mass is 386 g/mol. The molecule has 2 aromatic carbocycles. The van der Waals surface area contributed by atoms with Gasteiger partial charge >= 0.3 is 0 Å². The Bertz CT molecular complexity index is 752. The van der Waals surface area contributed by atoms with Crippen LogP contribution in [0.3, 0.4) is 0 Å². The van der Waals surface area contributed by atoms with Gasteiger partial charge in [0.1, 0.15) is 11.8 Å². The molecule has 2 amide bonds. The van der Waals surface area contributed by atoms with E-state index in [0.717, 1.165) is 16.2 Å². The summed E-state index contributed by atoms with van der Waals surface area (Å²) in [6.07, 6.45) is 0.366. The van der Waals surface area contributed by atoms with Gasteiger partial charge in [-0.15, -0.1) is 11.8 Å². The van der Waals surface area contributed by atoms with E-state index >= 15 is 0 Å². The molecule has 0 unspecified atom stereocenters. The lowest BCUT2D eigenvalue weighted by Crippen LogP contribution is -2.46. The topological polar surface area (TPSA) is 58.6 Å². The van der Waals surface area contributed by atoms with Crippen molar-refractivity contribution in [3.63, 3.8) is 0 Å². The molecule has 0 spiro atoms. The standard InChI is InChI=1S/C21H26N2O3S/c1-16(21(25)22-2)23(15-17-8-7-9-18(14-17)26-3)20(24)12-13-27-19-10-5-4-6-11-19/h4-11,14,16H,12-13,15H2,1-3H3,(H,22,25)/t16-/m1/s1. The van der Waals surface area contributed by atoms with Crippen LogP contribution in [-0.2, 0) is 16.1 Å². The molecular formula is C21H26N2O3S. The van der Waals surface area contributed by atoms with E-state index in [1.54, 1.807) is 37.7 Å². The van der Waals surface area contributed by atoms with Crippen molar-refractivity contribution in [3.8, 4) is 5.75 Å². The van der Waals surface area contributed by atoms with Crippen molar-refractivity contribution in [2.24, 2.45) is 0 Å². The van der Waals surface area contributed by atoms with Gasteiger partial charge in [-0.3, -0.25) is 9.59 Å². The molecule has 0 saturated heterocycles. The van der Waals surface area contributed by atoms with Gasteiger partial charge in [-0.2, -0.15) is 0 Å².